The van der Waals surface area contributed by atoms with Crippen molar-refractivity contribution in [2.45, 2.75) is 52.4 Å². The van der Waals surface area contributed by atoms with Crippen LogP contribution >= 0.6 is 24.0 Å². The molecule has 0 radical (unpaired) electrons. The molecule has 0 saturated carbocycles. The molecule has 2 saturated heterocycles. The maximum atomic E-state index is 6.08. The fourth-order valence-corrected chi connectivity index (χ4v) is 3.84. The van der Waals surface area contributed by atoms with E-state index < -0.39 is 0 Å². The van der Waals surface area contributed by atoms with Gasteiger partial charge in [-0.25, -0.2) is 0 Å². The number of unbranched alkanes of at least 4 members (excludes halogenated alkanes) is 1. The average molecular weight is 422 g/mol. The molecule has 4 nitrogen and oxygen atoms in total. The van der Waals surface area contributed by atoms with Crippen molar-refractivity contribution in [2.24, 2.45) is 22.6 Å². The summed E-state index contributed by atoms with van der Waals surface area (Å²) in [6.07, 6.45) is 7.68. The lowest BCUT2D eigenvalue weighted by Crippen LogP contribution is -2.41. The summed E-state index contributed by atoms with van der Waals surface area (Å²) in [4.78, 5) is 9.45. The molecule has 2 aliphatic rings. The SMILES string of the molecule is CC1CC(C)CN(CCCCN=C(N)N2CCCCC2)C1.I. The molecule has 0 bridgehead atoms. The second-order valence-electron chi connectivity index (χ2n) is 7.20. The smallest absolute Gasteiger partial charge is 0.191 e. The van der Waals surface area contributed by atoms with Crippen LogP contribution in [-0.4, -0.2) is 55.0 Å². The van der Waals surface area contributed by atoms with Gasteiger partial charge >= 0.3 is 0 Å². The molecule has 0 aliphatic carbocycles. The molecule has 22 heavy (non-hydrogen) atoms. The van der Waals surface area contributed by atoms with Crippen LogP contribution in [0.2, 0.25) is 0 Å². The first-order chi connectivity index (χ1) is 10.1. The van der Waals surface area contributed by atoms with Crippen LogP contribution in [0.3, 0.4) is 0 Å². The number of piperidine rings is 2. The van der Waals surface area contributed by atoms with Gasteiger partial charge in [-0.05, 0) is 56.9 Å². The van der Waals surface area contributed by atoms with Gasteiger partial charge in [0.1, 0.15) is 0 Å². The first-order valence-corrected chi connectivity index (χ1v) is 8.92. The third-order valence-electron chi connectivity index (χ3n) is 4.78. The summed E-state index contributed by atoms with van der Waals surface area (Å²) in [6.45, 7) is 11.6. The molecule has 130 valence electrons. The summed E-state index contributed by atoms with van der Waals surface area (Å²) in [6, 6.07) is 0. The summed E-state index contributed by atoms with van der Waals surface area (Å²) in [7, 11) is 0. The van der Waals surface area contributed by atoms with Gasteiger partial charge < -0.3 is 15.5 Å². The van der Waals surface area contributed by atoms with E-state index in [0.717, 1.165) is 43.9 Å². The molecular weight excluding hydrogens is 387 g/mol. The molecule has 0 spiro atoms. The lowest BCUT2D eigenvalue weighted by Gasteiger charge is -2.34. The molecule has 2 unspecified atom stereocenters. The molecule has 2 heterocycles. The van der Waals surface area contributed by atoms with Crippen LogP contribution in [0.4, 0.5) is 0 Å². The molecular formula is C17H35IN4. The highest BCUT2D eigenvalue weighted by Gasteiger charge is 2.20. The summed E-state index contributed by atoms with van der Waals surface area (Å²) >= 11 is 0. The molecule has 0 aromatic carbocycles. The van der Waals surface area contributed by atoms with Gasteiger partial charge in [-0.1, -0.05) is 13.8 Å². The molecule has 0 amide bonds. The van der Waals surface area contributed by atoms with Gasteiger partial charge in [0, 0.05) is 32.7 Å². The van der Waals surface area contributed by atoms with Gasteiger partial charge in [-0.3, -0.25) is 4.99 Å². The van der Waals surface area contributed by atoms with E-state index in [1.807, 2.05) is 0 Å². The largest absolute Gasteiger partial charge is 0.370 e. The van der Waals surface area contributed by atoms with Crippen molar-refractivity contribution in [2.75, 3.05) is 39.3 Å². The number of hydrogen-bond donors (Lipinski definition) is 1. The zero-order chi connectivity index (χ0) is 15.1. The number of guanidine groups is 1. The van der Waals surface area contributed by atoms with Crippen molar-refractivity contribution in [3.05, 3.63) is 0 Å². The average Bonchev–Trinajstić information content (AvgIpc) is 2.46. The van der Waals surface area contributed by atoms with Crippen LogP contribution in [-0.2, 0) is 0 Å². The van der Waals surface area contributed by atoms with Gasteiger partial charge in [0.2, 0.25) is 0 Å². The Morgan fingerprint density at radius 2 is 1.68 bits per heavy atom. The maximum absolute atomic E-state index is 6.08. The van der Waals surface area contributed by atoms with E-state index in [4.69, 9.17) is 5.73 Å². The molecule has 5 heteroatoms. The Morgan fingerprint density at radius 3 is 2.32 bits per heavy atom. The van der Waals surface area contributed by atoms with E-state index in [1.54, 1.807) is 0 Å². The quantitative estimate of drug-likeness (QED) is 0.321. The molecule has 2 N–H and O–H groups in total. The minimum absolute atomic E-state index is 0. The van der Waals surface area contributed by atoms with Crippen molar-refractivity contribution in [1.82, 2.24) is 9.80 Å². The molecule has 0 aromatic heterocycles. The van der Waals surface area contributed by atoms with Crippen LogP contribution in [0.1, 0.15) is 52.4 Å². The predicted molar refractivity (Wildman–Crippen MR) is 106 cm³/mol. The van der Waals surface area contributed by atoms with Gasteiger partial charge in [0.05, 0.1) is 0 Å². The van der Waals surface area contributed by atoms with E-state index in [9.17, 15) is 0 Å². The van der Waals surface area contributed by atoms with E-state index in [1.165, 1.54) is 51.7 Å². The summed E-state index contributed by atoms with van der Waals surface area (Å²) in [5, 5.41) is 0. The van der Waals surface area contributed by atoms with E-state index in [2.05, 4.69) is 28.6 Å². The van der Waals surface area contributed by atoms with Gasteiger partial charge in [0.25, 0.3) is 0 Å². The van der Waals surface area contributed by atoms with Crippen LogP contribution < -0.4 is 5.73 Å². The number of rotatable bonds is 5. The minimum atomic E-state index is 0. The van der Waals surface area contributed by atoms with Crippen molar-refractivity contribution >= 4 is 29.9 Å². The zero-order valence-corrected chi connectivity index (χ0v) is 16.8. The van der Waals surface area contributed by atoms with Gasteiger partial charge in [-0.2, -0.15) is 0 Å². The highest BCUT2D eigenvalue weighted by molar-refractivity contribution is 14.0. The molecule has 2 aliphatic heterocycles. The van der Waals surface area contributed by atoms with Crippen molar-refractivity contribution in [3.8, 4) is 0 Å². The standard InChI is InChI=1S/C17H34N4.HI/c1-15-12-16(2)14-20(13-15)9-7-4-8-19-17(18)21-10-5-3-6-11-21;/h15-16H,3-14H2,1-2H3,(H2,18,19);1H. The summed E-state index contributed by atoms with van der Waals surface area (Å²) < 4.78 is 0. The van der Waals surface area contributed by atoms with Crippen LogP contribution in [0, 0.1) is 11.8 Å². The highest BCUT2D eigenvalue weighted by atomic mass is 127. The molecule has 2 rings (SSSR count). The van der Waals surface area contributed by atoms with Crippen LogP contribution in [0.25, 0.3) is 0 Å². The monoisotopic (exact) mass is 422 g/mol. The number of aliphatic imine (C=N–C) groups is 1. The fourth-order valence-electron chi connectivity index (χ4n) is 3.84. The number of nitrogens with two attached hydrogens (primary N) is 1. The Morgan fingerprint density at radius 1 is 1.05 bits per heavy atom. The van der Waals surface area contributed by atoms with Crippen molar-refractivity contribution in [1.29, 1.82) is 0 Å². The lowest BCUT2D eigenvalue weighted by molar-refractivity contribution is 0.139. The van der Waals surface area contributed by atoms with Gasteiger partial charge in [0.15, 0.2) is 5.96 Å². The second kappa shape index (κ2) is 10.7. The first kappa shape index (κ1) is 20.0. The Hall–Kier alpha value is -0.0400. The third-order valence-corrected chi connectivity index (χ3v) is 4.78. The van der Waals surface area contributed by atoms with E-state index in [0.29, 0.717) is 0 Å². The van der Waals surface area contributed by atoms with Crippen LogP contribution in [0.5, 0.6) is 0 Å². The Kier molecular flexibility index (Phi) is 9.71. The third kappa shape index (κ3) is 7.02. The first-order valence-electron chi connectivity index (χ1n) is 8.92. The molecule has 0 aromatic rings. The topological polar surface area (TPSA) is 44.9 Å². The van der Waals surface area contributed by atoms with Crippen molar-refractivity contribution in [3.63, 3.8) is 0 Å². The second-order valence-corrected chi connectivity index (χ2v) is 7.20. The summed E-state index contributed by atoms with van der Waals surface area (Å²) in [5.74, 6) is 2.50. The number of nitrogens with zero attached hydrogens (tertiary/aromatic N) is 3. The number of hydrogen-bond acceptors (Lipinski definition) is 2. The normalized spacial score (nSPS) is 27.5. The van der Waals surface area contributed by atoms with Crippen molar-refractivity contribution < 1.29 is 0 Å². The number of likely N-dealkylation sites (tertiary alicyclic amines) is 2. The molecule has 2 fully saturated rings. The van der Waals surface area contributed by atoms with Crippen LogP contribution in [0.15, 0.2) is 4.99 Å². The number of halogens is 1. The predicted octanol–water partition coefficient (Wildman–Crippen LogP) is 3.16. The lowest BCUT2D eigenvalue weighted by atomic mass is 9.92. The minimum Gasteiger partial charge on any atom is -0.370 e. The maximum Gasteiger partial charge on any atom is 0.191 e. The Labute approximate surface area is 153 Å². The Bertz CT molecular complexity index is 319. The van der Waals surface area contributed by atoms with Gasteiger partial charge in [-0.15, -0.1) is 24.0 Å². The molecule has 2 atom stereocenters. The fraction of sp³-hybridized carbons (Fsp3) is 0.941. The summed E-state index contributed by atoms with van der Waals surface area (Å²) in [5.41, 5.74) is 6.08. The highest BCUT2D eigenvalue weighted by Crippen LogP contribution is 2.21. The van der Waals surface area contributed by atoms with E-state index in [-0.39, 0.29) is 24.0 Å². The zero-order valence-electron chi connectivity index (χ0n) is 14.5. The Balaban J connectivity index is 0.00000242. The van der Waals surface area contributed by atoms with E-state index >= 15 is 0 Å².